The molecule has 1 aliphatic rings. The van der Waals surface area contributed by atoms with E-state index >= 15 is 0 Å². The van der Waals surface area contributed by atoms with Crippen molar-refractivity contribution in [1.29, 1.82) is 0 Å². The van der Waals surface area contributed by atoms with Crippen molar-refractivity contribution in [2.75, 3.05) is 5.88 Å². The molecule has 0 amide bonds. The van der Waals surface area contributed by atoms with Gasteiger partial charge in [-0.2, -0.15) is 0 Å². The van der Waals surface area contributed by atoms with Crippen LogP contribution in [-0.4, -0.2) is 5.88 Å². The normalized spacial score (nSPS) is 25.7. The van der Waals surface area contributed by atoms with Crippen molar-refractivity contribution in [3.63, 3.8) is 0 Å². The molecule has 1 atom stereocenters. The van der Waals surface area contributed by atoms with Crippen LogP contribution < -0.4 is 0 Å². The van der Waals surface area contributed by atoms with E-state index in [4.69, 9.17) is 23.2 Å². The molecular weight excluding hydrogens is 247 g/mol. The van der Waals surface area contributed by atoms with Gasteiger partial charge in [-0.3, -0.25) is 0 Å². The number of halogens is 2. The maximum absolute atomic E-state index is 6.13. The van der Waals surface area contributed by atoms with Gasteiger partial charge in [-0.05, 0) is 43.2 Å². The predicted molar refractivity (Wildman–Crippen MR) is 69.2 cm³/mol. The monoisotopic (exact) mass is 260 g/mol. The fourth-order valence-electron chi connectivity index (χ4n) is 2.09. The molecule has 1 aromatic rings. The second-order valence-electron chi connectivity index (χ2n) is 4.23. The Balaban J connectivity index is 2.10. The third kappa shape index (κ3) is 2.77. The summed E-state index contributed by atoms with van der Waals surface area (Å²) in [7, 11) is 0. The highest BCUT2D eigenvalue weighted by molar-refractivity contribution is 7.16. The molecule has 15 heavy (non-hydrogen) atoms. The van der Waals surface area contributed by atoms with E-state index in [1.165, 1.54) is 11.3 Å². The van der Waals surface area contributed by atoms with Crippen molar-refractivity contribution in [2.24, 2.45) is 5.41 Å². The quantitative estimate of drug-likeness (QED) is 0.535. The first-order valence-corrected chi connectivity index (χ1v) is 6.92. The molecule has 0 spiro atoms. The van der Waals surface area contributed by atoms with Crippen molar-refractivity contribution < 1.29 is 0 Å². The van der Waals surface area contributed by atoms with Crippen LogP contribution in [0.3, 0.4) is 0 Å². The van der Waals surface area contributed by atoms with Crippen LogP contribution in [0.4, 0.5) is 0 Å². The molecular formula is C12H14Cl2S. The van der Waals surface area contributed by atoms with Gasteiger partial charge in [0.2, 0.25) is 0 Å². The van der Waals surface area contributed by atoms with Gasteiger partial charge in [0.05, 0.1) is 4.34 Å². The smallest absolute Gasteiger partial charge is 0.0931 e. The summed E-state index contributed by atoms with van der Waals surface area (Å²) in [5.41, 5.74) is 0.268. The molecule has 3 heteroatoms. The average Bonchev–Trinajstić information content (AvgIpc) is 2.65. The average molecular weight is 261 g/mol. The van der Waals surface area contributed by atoms with E-state index in [9.17, 15) is 0 Å². The third-order valence-electron chi connectivity index (χ3n) is 3.02. The van der Waals surface area contributed by atoms with E-state index in [1.54, 1.807) is 11.3 Å². The molecule has 0 radical (unpaired) electrons. The maximum atomic E-state index is 6.13. The second-order valence-corrected chi connectivity index (χ2v) is 6.30. The highest BCUT2D eigenvalue weighted by Crippen LogP contribution is 2.39. The fourth-order valence-corrected chi connectivity index (χ4v) is 3.69. The Hall–Kier alpha value is 0.0200. The van der Waals surface area contributed by atoms with Crippen LogP contribution in [0.15, 0.2) is 24.3 Å². The van der Waals surface area contributed by atoms with Gasteiger partial charge in [0.1, 0.15) is 0 Å². The maximum Gasteiger partial charge on any atom is 0.0931 e. The third-order valence-corrected chi connectivity index (χ3v) is 4.82. The van der Waals surface area contributed by atoms with Gasteiger partial charge in [0.15, 0.2) is 0 Å². The lowest BCUT2D eigenvalue weighted by Gasteiger charge is -2.32. The number of hydrogen-bond acceptors (Lipinski definition) is 1. The van der Waals surface area contributed by atoms with E-state index in [0.29, 0.717) is 0 Å². The topological polar surface area (TPSA) is 0 Å². The van der Waals surface area contributed by atoms with Gasteiger partial charge in [0, 0.05) is 10.8 Å². The number of allylic oxidation sites excluding steroid dienone is 2. The molecule has 0 N–H and O–H groups in total. The van der Waals surface area contributed by atoms with Crippen molar-refractivity contribution in [1.82, 2.24) is 0 Å². The Morgan fingerprint density at radius 3 is 2.73 bits per heavy atom. The molecule has 1 aliphatic carbocycles. The molecule has 0 saturated carbocycles. The van der Waals surface area contributed by atoms with E-state index in [0.717, 1.165) is 29.5 Å². The molecule has 0 fully saturated rings. The van der Waals surface area contributed by atoms with E-state index in [2.05, 4.69) is 18.2 Å². The van der Waals surface area contributed by atoms with Crippen LogP contribution in [0.1, 0.15) is 24.1 Å². The molecule has 1 unspecified atom stereocenters. The fraction of sp³-hybridized carbons (Fsp3) is 0.500. The van der Waals surface area contributed by atoms with Crippen LogP contribution in [0.5, 0.6) is 0 Å². The Kier molecular flexibility index (Phi) is 3.76. The Bertz CT molecular complexity index is 356. The highest BCUT2D eigenvalue weighted by atomic mass is 35.5. The zero-order valence-electron chi connectivity index (χ0n) is 8.51. The molecule has 82 valence electrons. The molecule has 0 aromatic carbocycles. The van der Waals surface area contributed by atoms with Crippen molar-refractivity contribution in [2.45, 2.75) is 25.7 Å². The number of hydrogen-bond donors (Lipinski definition) is 0. The summed E-state index contributed by atoms with van der Waals surface area (Å²) >= 11 is 13.7. The molecule has 2 rings (SSSR count). The number of rotatable bonds is 3. The van der Waals surface area contributed by atoms with Crippen LogP contribution >= 0.6 is 34.5 Å². The zero-order valence-corrected chi connectivity index (χ0v) is 10.8. The molecule has 0 bridgehead atoms. The summed E-state index contributed by atoms with van der Waals surface area (Å²) in [5.74, 6) is 0.743. The van der Waals surface area contributed by atoms with E-state index < -0.39 is 0 Å². The predicted octanol–water partition coefficient (Wildman–Crippen LogP) is 4.91. The van der Waals surface area contributed by atoms with E-state index in [-0.39, 0.29) is 5.41 Å². The van der Waals surface area contributed by atoms with E-state index in [1.807, 2.05) is 6.07 Å². The summed E-state index contributed by atoms with van der Waals surface area (Å²) in [6.07, 6.45) is 9.05. The van der Waals surface area contributed by atoms with Crippen LogP contribution in [-0.2, 0) is 6.42 Å². The summed E-state index contributed by atoms with van der Waals surface area (Å²) in [5, 5.41) is 0. The Morgan fingerprint density at radius 2 is 2.20 bits per heavy atom. The number of thiophene rings is 1. The van der Waals surface area contributed by atoms with Crippen molar-refractivity contribution in [3.8, 4) is 0 Å². The summed E-state index contributed by atoms with van der Waals surface area (Å²) in [6, 6.07) is 4.10. The molecule has 1 aromatic heterocycles. The summed E-state index contributed by atoms with van der Waals surface area (Å²) < 4.78 is 0.876. The number of alkyl halides is 1. The van der Waals surface area contributed by atoms with Gasteiger partial charge >= 0.3 is 0 Å². The van der Waals surface area contributed by atoms with Gasteiger partial charge in [-0.15, -0.1) is 22.9 Å². The standard InChI is InChI=1S/C12H14Cl2S/c13-9-12(6-2-1-3-7-12)8-10-4-5-11(14)15-10/h1-2,4-5H,3,6-9H2. The summed E-state index contributed by atoms with van der Waals surface area (Å²) in [6.45, 7) is 0. The minimum absolute atomic E-state index is 0.268. The molecule has 0 aliphatic heterocycles. The van der Waals surface area contributed by atoms with Gasteiger partial charge in [-0.1, -0.05) is 23.8 Å². The van der Waals surface area contributed by atoms with Gasteiger partial charge in [-0.25, -0.2) is 0 Å². The Labute approximate surface area is 105 Å². The Morgan fingerprint density at radius 1 is 1.33 bits per heavy atom. The van der Waals surface area contributed by atoms with Crippen molar-refractivity contribution in [3.05, 3.63) is 33.5 Å². The van der Waals surface area contributed by atoms with Gasteiger partial charge < -0.3 is 0 Å². The lowest BCUT2D eigenvalue weighted by Crippen LogP contribution is -2.26. The van der Waals surface area contributed by atoms with Crippen LogP contribution in [0, 0.1) is 5.41 Å². The molecule has 1 heterocycles. The highest BCUT2D eigenvalue weighted by Gasteiger charge is 2.29. The minimum Gasteiger partial charge on any atom is -0.128 e. The largest absolute Gasteiger partial charge is 0.128 e. The first-order chi connectivity index (χ1) is 7.24. The lowest BCUT2D eigenvalue weighted by atomic mass is 9.76. The van der Waals surface area contributed by atoms with Crippen LogP contribution in [0.2, 0.25) is 4.34 Å². The zero-order chi connectivity index (χ0) is 10.7. The SMILES string of the molecule is ClCC1(Cc2ccc(Cl)s2)CC=CCC1. The second kappa shape index (κ2) is 4.90. The van der Waals surface area contributed by atoms with Crippen molar-refractivity contribution >= 4 is 34.5 Å². The summed E-state index contributed by atoms with van der Waals surface area (Å²) in [4.78, 5) is 1.36. The van der Waals surface area contributed by atoms with Gasteiger partial charge in [0.25, 0.3) is 0 Å². The lowest BCUT2D eigenvalue weighted by molar-refractivity contribution is 0.298. The molecule has 0 nitrogen and oxygen atoms in total. The minimum atomic E-state index is 0.268. The first-order valence-electron chi connectivity index (χ1n) is 5.19. The van der Waals surface area contributed by atoms with Crippen LogP contribution in [0.25, 0.3) is 0 Å². The first kappa shape index (κ1) is 11.5. The molecule has 0 saturated heterocycles.